The summed E-state index contributed by atoms with van der Waals surface area (Å²) in [5.74, 6) is 0.741. The monoisotopic (exact) mass is 283 g/mol. The largest absolute Gasteiger partial charge is 0.311 e. The van der Waals surface area contributed by atoms with E-state index in [2.05, 4.69) is 43.0 Å². The molecule has 0 radical (unpaired) electrons. The number of thiol groups is 1. The highest BCUT2D eigenvalue weighted by Crippen LogP contribution is 2.36. The fourth-order valence-corrected chi connectivity index (χ4v) is 2.97. The molecule has 0 aliphatic carbocycles. The van der Waals surface area contributed by atoms with Gasteiger partial charge in [0, 0.05) is 18.5 Å². The minimum Gasteiger partial charge on any atom is -0.311 e. The van der Waals surface area contributed by atoms with Crippen molar-refractivity contribution in [3.8, 4) is 11.1 Å². The van der Waals surface area contributed by atoms with E-state index in [9.17, 15) is 4.79 Å². The quantitative estimate of drug-likeness (QED) is 0.836. The van der Waals surface area contributed by atoms with E-state index in [0.717, 1.165) is 24.2 Å². The van der Waals surface area contributed by atoms with Crippen LogP contribution in [0.5, 0.6) is 0 Å². The first-order chi connectivity index (χ1) is 9.81. The number of fused-ring (bicyclic) bond motifs is 3. The maximum atomic E-state index is 12.3. The second kappa shape index (κ2) is 5.71. The first-order valence-electron chi connectivity index (χ1n) is 6.90. The zero-order valence-corrected chi connectivity index (χ0v) is 12.1. The Hall–Kier alpha value is -1.74. The summed E-state index contributed by atoms with van der Waals surface area (Å²) in [6.07, 6.45) is 1.37. The maximum Gasteiger partial charge on any atom is 0.227 e. The highest BCUT2D eigenvalue weighted by Gasteiger charge is 2.22. The number of nitrogens with zero attached hydrogens (tertiary/aromatic N) is 1. The molecule has 0 N–H and O–H groups in total. The Morgan fingerprint density at radius 3 is 2.55 bits per heavy atom. The third kappa shape index (κ3) is 2.34. The molecule has 2 nitrogen and oxygen atoms in total. The molecule has 0 unspecified atom stereocenters. The van der Waals surface area contributed by atoms with Crippen LogP contribution in [0.4, 0.5) is 5.69 Å². The predicted molar refractivity (Wildman–Crippen MR) is 86.4 cm³/mol. The van der Waals surface area contributed by atoms with Gasteiger partial charge in [0.25, 0.3) is 0 Å². The number of carbonyl (C=O) groups is 1. The molecule has 0 spiro atoms. The highest BCUT2D eigenvalue weighted by atomic mass is 32.1. The van der Waals surface area contributed by atoms with Gasteiger partial charge in [-0.1, -0.05) is 42.5 Å². The second-order valence-electron chi connectivity index (χ2n) is 4.94. The van der Waals surface area contributed by atoms with E-state index in [1.165, 1.54) is 11.1 Å². The van der Waals surface area contributed by atoms with E-state index in [0.29, 0.717) is 12.2 Å². The Morgan fingerprint density at radius 2 is 1.75 bits per heavy atom. The fourth-order valence-electron chi connectivity index (χ4n) is 2.78. The van der Waals surface area contributed by atoms with Crippen molar-refractivity contribution in [2.24, 2.45) is 0 Å². The van der Waals surface area contributed by atoms with Crippen molar-refractivity contribution in [2.75, 3.05) is 17.2 Å². The van der Waals surface area contributed by atoms with Gasteiger partial charge in [0.05, 0.1) is 5.69 Å². The molecule has 1 amide bonds. The van der Waals surface area contributed by atoms with Crippen LogP contribution in [0.15, 0.2) is 48.5 Å². The number of carbonyl (C=O) groups excluding carboxylic acids is 1. The SMILES string of the molecule is O=C(CCS)N1CCc2ccccc2-c2ccccc21. The van der Waals surface area contributed by atoms with Crippen molar-refractivity contribution >= 4 is 24.2 Å². The Morgan fingerprint density at radius 1 is 1.05 bits per heavy atom. The topological polar surface area (TPSA) is 20.3 Å². The Bertz CT molecular complexity index is 638. The van der Waals surface area contributed by atoms with Crippen LogP contribution in [0.3, 0.4) is 0 Å². The summed E-state index contributed by atoms with van der Waals surface area (Å²) in [5, 5.41) is 0. The summed E-state index contributed by atoms with van der Waals surface area (Å²) >= 11 is 4.18. The van der Waals surface area contributed by atoms with Gasteiger partial charge in [-0.25, -0.2) is 0 Å². The first kappa shape index (κ1) is 13.3. The summed E-state index contributed by atoms with van der Waals surface area (Å²) in [6, 6.07) is 16.6. The lowest BCUT2D eigenvalue weighted by Gasteiger charge is -2.22. The first-order valence-corrected chi connectivity index (χ1v) is 7.53. The van der Waals surface area contributed by atoms with Gasteiger partial charge in [-0.05, 0) is 29.4 Å². The van der Waals surface area contributed by atoms with Gasteiger partial charge in [-0.3, -0.25) is 4.79 Å². The van der Waals surface area contributed by atoms with Gasteiger partial charge in [0.1, 0.15) is 0 Å². The standard InChI is InChI=1S/C17H17NOS/c19-17(10-12-20)18-11-9-13-5-1-2-6-14(13)15-7-3-4-8-16(15)18/h1-8,20H,9-12H2. The molecule has 102 valence electrons. The molecular formula is C17H17NOS. The maximum absolute atomic E-state index is 12.3. The third-order valence-electron chi connectivity index (χ3n) is 3.73. The second-order valence-corrected chi connectivity index (χ2v) is 5.39. The average Bonchev–Trinajstić information content (AvgIpc) is 2.65. The molecule has 2 aromatic carbocycles. The summed E-state index contributed by atoms with van der Waals surface area (Å²) in [6.45, 7) is 0.737. The number of benzene rings is 2. The number of para-hydroxylation sites is 1. The van der Waals surface area contributed by atoms with Crippen LogP contribution in [0.1, 0.15) is 12.0 Å². The van der Waals surface area contributed by atoms with Gasteiger partial charge in [0.15, 0.2) is 0 Å². The van der Waals surface area contributed by atoms with Gasteiger partial charge in [0.2, 0.25) is 5.91 Å². The summed E-state index contributed by atoms with van der Waals surface area (Å²) in [7, 11) is 0. The van der Waals surface area contributed by atoms with Crippen LogP contribution in [0.25, 0.3) is 11.1 Å². The Kier molecular flexibility index (Phi) is 3.79. The van der Waals surface area contributed by atoms with Crippen LogP contribution in [0.2, 0.25) is 0 Å². The van der Waals surface area contributed by atoms with E-state index in [-0.39, 0.29) is 5.91 Å². The summed E-state index contributed by atoms with van der Waals surface area (Å²) in [5.41, 5.74) is 4.71. The molecule has 1 heterocycles. The van der Waals surface area contributed by atoms with Crippen molar-refractivity contribution in [3.05, 3.63) is 54.1 Å². The smallest absolute Gasteiger partial charge is 0.227 e. The van der Waals surface area contributed by atoms with Crippen molar-refractivity contribution < 1.29 is 4.79 Å². The van der Waals surface area contributed by atoms with E-state index < -0.39 is 0 Å². The van der Waals surface area contributed by atoms with Crippen molar-refractivity contribution in [1.82, 2.24) is 0 Å². The Balaban J connectivity index is 2.11. The zero-order valence-electron chi connectivity index (χ0n) is 11.2. The lowest BCUT2D eigenvalue weighted by atomic mass is 9.98. The average molecular weight is 283 g/mol. The van der Waals surface area contributed by atoms with Crippen molar-refractivity contribution in [1.29, 1.82) is 0 Å². The summed E-state index contributed by atoms with van der Waals surface area (Å²) in [4.78, 5) is 14.3. The molecular weight excluding hydrogens is 266 g/mol. The van der Waals surface area contributed by atoms with Gasteiger partial charge in [-0.2, -0.15) is 12.6 Å². The molecule has 0 atom stereocenters. The third-order valence-corrected chi connectivity index (χ3v) is 3.96. The van der Waals surface area contributed by atoms with Crippen molar-refractivity contribution in [2.45, 2.75) is 12.8 Å². The number of hydrogen-bond donors (Lipinski definition) is 1. The molecule has 3 rings (SSSR count). The Labute approximate surface area is 124 Å². The lowest BCUT2D eigenvalue weighted by Crippen LogP contribution is -2.32. The molecule has 0 saturated heterocycles. The molecule has 20 heavy (non-hydrogen) atoms. The highest BCUT2D eigenvalue weighted by molar-refractivity contribution is 7.80. The molecule has 0 fully saturated rings. The predicted octanol–water partition coefficient (Wildman–Crippen LogP) is 3.56. The molecule has 1 aliphatic heterocycles. The number of anilines is 1. The molecule has 2 aromatic rings. The van der Waals surface area contributed by atoms with Crippen LogP contribution in [-0.2, 0) is 11.2 Å². The van der Waals surface area contributed by atoms with Crippen LogP contribution in [0, 0.1) is 0 Å². The minimum atomic E-state index is 0.153. The van der Waals surface area contributed by atoms with Crippen molar-refractivity contribution in [3.63, 3.8) is 0 Å². The fraction of sp³-hybridized carbons (Fsp3) is 0.235. The lowest BCUT2D eigenvalue weighted by molar-refractivity contribution is -0.118. The van der Waals surface area contributed by atoms with Gasteiger partial charge < -0.3 is 4.90 Å². The molecule has 0 bridgehead atoms. The van der Waals surface area contributed by atoms with Gasteiger partial charge >= 0.3 is 0 Å². The van der Waals surface area contributed by atoms with Crippen LogP contribution < -0.4 is 4.90 Å². The van der Waals surface area contributed by atoms with Crippen LogP contribution in [-0.4, -0.2) is 18.2 Å². The molecule has 3 heteroatoms. The number of hydrogen-bond acceptors (Lipinski definition) is 2. The number of amides is 1. The molecule has 1 aliphatic rings. The van der Waals surface area contributed by atoms with E-state index in [4.69, 9.17) is 0 Å². The molecule has 0 aromatic heterocycles. The minimum absolute atomic E-state index is 0.153. The summed E-state index contributed by atoms with van der Waals surface area (Å²) < 4.78 is 0. The number of rotatable bonds is 2. The normalized spacial score (nSPS) is 13.3. The van der Waals surface area contributed by atoms with E-state index >= 15 is 0 Å². The van der Waals surface area contributed by atoms with E-state index in [1.54, 1.807) is 0 Å². The van der Waals surface area contributed by atoms with Gasteiger partial charge in [-0.15, -0.1) is 0 Å². The van der Waals surface area contributed by atoms with Crippen LogP contribution >= 0.6 is 12.6 Å². The molecule has 0 saturated carbocycles. The van der Waals surface area contributed by atoms with E-state index in [1.807, 2.05) is 23.1 Å². The zero-order chi connectivity index (χ0) is 13.9.